The molecule has 0 bridgehead atoms. The first kappa shape index (κ1) is 17.5. The van der Waals surface area contributed by atoms with E-state index in [2.05, 4.69) is 29.4 Å². The highest BCUT2D eigenvalue weighted by molar-refractivity contribution is 7.15. The molecule has 4 nitrogen and oxygen atoms in total. The fourth-order valence-electron chi connectivity index (χ4n) is 3.10. The zero-order valence-corrected chi connectivity index (χ0v) is 15.9. The van der Waals surface area contributed by atoms with Crippen molar-refractivity contribution in [3.63, 3.8) is 0 Å². The van der Waals surface area contributed by atoms with Gasteiger partial charge < -0.3 is 5.32 Å². The number of benzene rings is 2. The number of amides is 1. The molecule has 0 radical (unpaired) electrons. The molecule has 0 saturated carbocycles. The summed E-state index contributed by atoms with van der Waals surface area (Å²) in [6.45, 7) is 2.76. The van der Waals surface area contributed by atoms with Crippen molar-refractivity contribution in [3.8, 4) is 11.3 Å². The summed E-state index contributed by atoms with van der Waals surface area (Å²) in [4.78, 5) is 18.0. The zero-order valence-electron chi connectivity index (χ0n) is 15.1. The molecule has 4 rings (SSSR count). The van der Waals surface area contributed by atoms with Gasteiger partial charge in [0.05, 0.1) is 12.1 Å². The van der Waals surface area contributed by atoms with E-state index < -0.39 is 0 Å². The number of fused-ring (bicyclic) bond motifs is 1. The molecule has 5 heteroatoms. The normalized spacial score (nSPS) is 12.2. The largest absolute Gasteiger partial charge is 0.355 e. The number of imidazole rings is 1. The van der Waals surface area contributed by atoms with Gasteiger partial charge in [-0.05, 0) is 11.5 Å². The summed E-state index contributed by atoms with van der Waals surface area (Å²) in [5.41, 5.74) is 4.22. The summed E-state index contributed by atoms with van der Waals surface area (Å²) in [7, 11) is 0. The van der Waals surface area contributed by atoms with Crippen LogP contribution in [0.1, 0.15) is 24.1 Å². The Morgan fingerprint density at radius 2 is 1.81 bits per heavy atom. The Balaban J connectivity index is 1.42. The minimum atomic E-state index is 0.0347. The molecule has 27 heavy (non-hydrogen) atoms. The molecule has 0 aliphatic rings. The molecule has 0 fully saturated rings. The van der Waals surface area contributed by atoms with E-state index in [1.807, 2.05) is 64.5 Å². The summed E-state index contributed by atoms with van der Waals surface area (Å²) < 4.78 is 2.02. The molecule has 0 saturated heterocycles. The van der Waals surface area contributed by atoms with Crippen LogP contribution in [0.3, 0.4) is 0 Å². The Hall–Kier alpha value is -2.92. The van der Waals surface area contributed by atoms with Gasteiger partial charge in [0.2, 0.25) is 5.91 Å². The van der Waals surface area contributed by atoms with Crippen LogP contribution in [0.4, 0.5) is 0 Å². The quantitative estimate of drug-likeness (QED) is 0.538. The van der Waals surface area contributed by atoms with Gasteiger partial charge in [-0.15, -0.1) is 11.3 Å². The molecule has 0 aliphatic carbocycles. The van der Waals surface area contributed by atoms with E-state index in [9.17, 15) is 4.79 Å². The predicted molar refractivity (Wildman–Crippen MR) is 110 cm³/mol. The van der Waals surface area contributed by atoms with Crippen LogP contribution < -0.4 is 5.32 Å². The van der Waals surface area contributed by atoms with Crippen LogP contribution in [-0.2, 0) is 11.2 Å². The molecule has 136 valence electrons. The van der Waals surface area contributed by atoms with Gasteiger partial charge in [0.15, 0.2) is 4.96 Å². The first-order chi connectivity index (χ1) is 13.2. The lowest BCUT2D eigenvalue weighted by molar-refractivity contribution is -0.120. The SMILES string of the molecule is C[C@@H](CNC(=O)Cc1csc2nc(-c3ccccc3)cn12)c1ccccc1. The van der Waals surface area contributed by atoms with Crippen LogP contribution >= 0.6 is 11.3 Å². The van der Waals surface area contributed by atoms with Crippen LogP contribution in [-0.4, -0.2) is 21.8 Å². The van der Waals surface area contributed by atoms with Gasteiger partial charge in [0.25, 0.3) is 0 Å². The number of nitrogens with zero attached hydrogens (tertiary/aromatic N) is 2. The molecule has 0 unspecified atom stereocenters. The van der Waals surface area contributed by atoms with Crippen LogP contribution in [0.2, 0.25) is 0 Å². The summed E-state index contributed by atoms with van der Waals surface area (Å²) >= 11 is 1.56. The van der Waals surface area contributed by atoms with Crippen molar-refractivity contribution < 1.29 is 4.79 Å². The number of aromatic nitrogens is 2. The lowest BCUT2D eigenvalue weighted by Crippen LogP contribution is -2.29. The molecule has 1 atom stereocenters. The number of carbonyl (C=O) groups excluding carboxylic acids is 1. The van der Waals surface area contributed by atoms with Crippen molar-refractivity contribution in [3.05, 3.63) is 83.5 Å². The Morgan fingerprint density at radius 3 is 2.56 bits per heavy atom. The fraction of sp³-hybridized carbons (Fsp3) is 0.182. The van der Waals surface area contributed by atoms with Crippen LogP contribution in [0.15, 0.2) is 72.2 Å². The van der Waals surface area contributed by atoms with E-state index in [1.54, 1.807) is 11.3 Å². The average Bonchev–Trinajstić information content (AvgIpc) is 3.29. The lowest BCUT2D eigenvalue weighted by Gasteiger charge is -2.12. The van der Waals surface area contributed by atoms with Gasteiger partial charge in [0, 0.05) is 29.4 Å². The van der Waals surface area contributed by atoms with E-state index in [-0.39, 0.29) is 11.8 Å². The maximum Gasteiger partial charge on any atom is 0.226 e. The van der Waals surface area contributed by atoms with E-state index >= 15 is 0 Å². The number of carbonyl (C=O) groups is 1. The Kier molecular flexibility index (Phi) is 5.03. The Bertz CT molecular complexity index is 1040. The molecule has 0 spiro atoms. The van der Waals surface area contributed by atoms with Gasteiger partial charge in [-0.25, -0.2) is 4.98 Å². The lowest BCUT2D eigenvalue weighted by atomic mass is 10.0. The standard InChI is InChI=1S/C22H21N3OS/c1-16(17-8-4-2-5-9-17)13-23-21(26)12-19-15-27-22-24-20(14-25(19)22)18-10-6-3-7-11-18/h2-11,14-16H,12-13H2,1H3,(H,23,26)/t16-/m0/s1. The molecular formula is C22H21N3OS. The highest BCUT2D eigenvalue weighted by Crippen LogP contribution is 2.23. The zero-order chi connectivity index (χ0) is 18.6. The second kappa shape index (κ2) is 7.76. The van der Waals surface area contributed by atoms with Crippen molar-refractivity contribution in [1.82, 2.24) is 14.7 Å². The van der Waals surface area contributed by atoms with Gasteiger partial charge in [0.1, 0.15) is 0 Å². The predicted octanol–water partition coefficient (Wildman–Crippen LogP) is 4.53. The maximum absolute atomic E-state index is 12.4. The van der Waals surface area contributed by atoms with E-state index in [1.165, 1.54) is 5.56 Å². The van der Waals surface area contributed by atoms with E-state index in [0.717, 1.165) is 21.9 Å². The van der Waals surface area contributed by atoms with Gasteiger partial charge in [-0.1, -0.05) is 67.6 Å². The van der Waals surface area contributed by atoms with Crippen LogP contribution in [0.25, 0.3) is 16.2 Å². The second-order valence-electron chi connectivity index (χ2n) is 6.66. The average molecular weight is 375 g/mol. The van der Waals surface area contributed by atoms with Crippen molar-refractivity contribution in [1.29, 1.82) is 0 Å². The van der Waals surface area contributed by atoms with Crippen molar-refractivity contribution in [2.75, 3.05) is 6.54 Å². The van der Waals surface area contributed by atoms with Gasteiger partial charge in [-0.2, -0.15) is 0 Å². The molecule has 2 aromatic carbocycles. The third-order valence-corrected chi connectivity index (χ3v) is 5.56. The Morgan fingerprint density at radius 1 is 1.11 bits per heavy atom. The third-order valence-electron chi connectivity index (χ3n) is 4.67. The number of hydrogen-bond donors (Lipinski definition) is 1. The molecule has 4 aromatic rings. The molecular weight excluding hydrogens is 354 g/mol. The summed E-state index contributed by atoms with van der Waals surface area (Å²) in [5, 5.41) is 5.07. The van der Waals surface area contributed by atoms with Crippen molar-refractivity contribution in [2.45, 2.75) is 19.3 Å². The topological polar surface area (TPSA) is 46.4 Å². The number of thiazole rings is 1. The highest BCUT2D eigenvalue weighted by Gasteiger charge is 2.13. The van der Waals surface area contributed by atoms with Gasteiger partial charge >= 0.3 is 0 Å². The molecule has 2 aromatic heterocycles. The Labute approximate surface area is 162 Å². The molecule has 0 aliphatic heterocycles. The number of nitrogens with one attached hydrogen (secondary N) is 1. The molecule has 1 amide bonds. The summed E-state index contributed by atoms with van der Waals surface area (Å²) in [5.74, 6) is 0.322. The fourth-order valence-corrected chi connectivity index (χ4v) is 3.97. The van der Waals surface area contributed by atoms with Crippen LogP contribution in [0, 0.1) is 0 Å². The highest BCUT2D eigenvalue weighted by atomic mass is 32.1. The minimum absolute atomic E-state index is 0.0347. The first-order valence-corrected chi connectivity index (χ1v) is 9.91. The molecule has 1 N–H and O–H groups in total. The van der Waals surface area contributed by atoms with Crippen molar-refractivity contribution in [2.24, 2.45) is 0 Å². The maximum atomic E-state index is 12.4. The van der Waals surface area contributed by atoms with Crippen LogP contribution in [0.5, 0.6) is 0 Å². The first-order valence-electron chi connectivity index (χ1n) is 9.03. The van der Waals surface area contributed by atoms with Crippen molar-refractivity contribution >= 4 is 22.2 Å². The second-order valence-corrected chi connectivity index (χ2v) is 7.50. The molecule has 2 heterocycles. The smallest absolute Gasteiger partial charge is 0.226 e. The van der Waals surface area contributed by atoms with E-state index in [0.29, 0.717) is 13.0 Å². The minimum Gasteiger partial charge on any atom is -0.355 e. The van der Waals surface area contributed by atoms with E-state index in [4.69, 9.17) is 0 Å². The summed E-state index contributed by atoms with van der Waals surface area (Å²) in [6, 6.07) is 20.3. The number of rotatable bonds is 6. The van der Waals surface area contributed by atoms with Gasteiger partial charge in [-0.3, -0.25) is 9.20 Å². The monoisotopic (exact) mass is 375 g/mol. The summed E-state index contributed by atoms with van der Waals surface area (Å²) in [6.07, 6.45) is 2.36. The third kappa shape index (κ3) is 3.93. The number of hydrogen-bond acceptors (Lipinski definition) is 3.